The number of amides is 1. The van der Waals surface area contributed by atoms with Crippen LogP contribution in [0.1, 0.15) is 48.3 Å². The molecule has 0 aromatic heterocycles. The maximum atomic E-state index is 12.3. The zero-order chi connectivity index (χ0) is 17.8. The molecule has 22 heavy (non-hydrogen) atoms. The number of hydrogen-bond donors (Lipinski definition) is 2. The first-order chi connectivity index (χ1) is 10.5. The minimum atomic E-state index is -1.15. The fraction of sp³-hybridized carbons (Fsp3) is 0.812. The van der Waals surface area contributed by atoms with E-state index in [0.29, 0.717) is 19.4 Å². The van der Waals surface area contributed by atoms with Crippen LogP contribution in [0.25, 0.3) is 0 Å². The molecule has 0 aromatic carbocycles. The van der Waals surface area contributed by atoms with Gasteiger partial charge >= 0.3 is 5.97 Å². The van der Waals surface area contributed by atoms with E-state index in [1.807, 2.05) is 13.8 Å². The molecule has 6 heteroatoms. The second kappa shape index (κ2) is 8.27. The average molecular weight is 314 g/mol. The summed E-state index contributed by atoms with van der Waals surface area (Å²) in [7, 11) is 0. The van der Waals surface area contributed by atoms with E-state index in [2.05, 4.69) is 5.32 Å². The summed E-state index contributed by atoms with van der Waals surface area (Å²) < 4.78 is 12.6. The smallest absolute Gasteiger partial charge is 0.336 e. The summed E-state index contributed by atoms with van der Waals surface area (Å²) >= 11 is 0. The summed E-state index contributed by atoms with van der Waals surface area (Å²) in [6.07, 6.45) is -0.917. The molecule has 1 fully saturated rings. The van der Waals surface area contributed by atoms with Crippen molar-refractivity contribution in [2.24, 2.45) is 17.7 Å². The summed E-state index contributed by atoms with van der Waals surface area (Å²) in [5.74, 6) is -2.57. The number of nitrogens with one attached hydrogen (secondary N) is 1. The predicted octanol–water partition coefficient (Wildman–Crippen LogP) is 1.62. The molecule has 0 aromatic rings. The molecule has 1 aliphatic heterocycles. The molecule has 0 radical (unpaired) electrons. The number of carbonyl (C=O) groups excluding carboxylic acids is 2. The number of epoxide rings is 1. The zero-order valence-corrected chi connectivity index (χ0v) is 13.7. The Hall–Kier alpha value is -1.43. The summed E-state index contributed by atoms with van der Waals surface area (Å²) in [4.78, 5) is 35.1. The van der Waals surface area contributed by atoms with E-state index in [0.717, 1.165) is 0 Å². The summed E-state index contributed by atoms with van der Waals surface area (Å²) in [6, 6.07) is 0. The van der Waals surface area contributed by atoms with E-state index in [1.54, 1.807) is 13.8 Å². The number of aliphatic carboxylic acids is 1. The number of ketones is 1. The molecule has 1 rings (SSSR count). The van der Waals surface area contributed by atoms with Crippen LogP contribution in [0.2, 0.25) is 0 Å². The van der Waals surface area contributed by atoms with Gasteiger partial charge in [0.2, 0.25) is 5.91 Å². The Morgan fingerprint density at radius 2 is 1.86 bits per heavy atom. The molecule has 0 spiro atoms. The molecule has 1 amide bonds. The van der Waals surface area contributed by atoms with Crippen molar-refractivity contribution in [1.29, 1.82) is 0 Å². The van der Waals surface area contributed by atoms with Gasteiger partial charge in [-0.15, -0.1) is 0 Å². The van der Waals surface area contributed by atoms with Crippen molar-refractivity contribution in [3.8, 4) is 0 Å². The molecular formula is C16H27NO5. The molecular weight excluding hydrogens is 286 g/mol. The Morgan fingerprint density at radius 1 is 1.23 bits per heavy atom. The van der Waals surface area contributed by atoms with E-state index < -0.39 is 30.0 Å². The van der Waals surface area contributed by atoms with Gasteiger partial charge in [-0.05, 0) is 24.7 Å². The van der Waals surface area contributed by atoms with E-state index in [9.17, 15) is 14.4 Å². The van der Waals surface area contributed by atoms with E-state index >= 15 is 0 Å². The Labute approximate surface area is 133 Å². The Bertz CT molecular complexity index is 458. The summed E-state index contributed by atoms with van der Waals surface area (Å²) in [6.45, 7) is 7.85. The van der Waals surface area contributed by atoms with Crippen molar-refractivity contribution in [3.63, 3.8) is 0 Å². The number of hydrogen-bond acceptors (Lipinski definition) is 4. The van der Waals surface area contributed by atoms with Crippen LogP contribution in [-0.2, 0) is 19.1 Å². The topological polar surface area (TPSA) is 96.0 Å². The zero-order valence-electron chi connectivity index (χ0n) is 14.7. The standard InChI is InChI=1S/C16H27NO5/c1-9(2)5-6-17-15(19)11(7-10(3)4)8-12(18)13-14(22-13)16(20)21/h9-11,13-14H,5-8H2,1-4H3,(H,17,19)(H,20,21)/t11-,13-,14+/m1/s1/i9D. The lowest BCUT2D eigenvalue weighted by atomic mass is 9.90. The van der Waals surface area contributed by atoms with Gasteiger partial charge < -0.3 is 15.2 Å². The highest BCUT2D eigenvalue weighted by Crippen LogP contribution is 2.27. The first-order valence-corrected chi connectivity index (χ1v) is 7.70. The van der Waals surface area contributed by atoms with E-state index in [4.69, 9.17) is 11.2 Å². The minimum absolute atomic E-state index is 0.0112. The quantitative estimate of drug-likeness (QED) is 0.597. The van der Waals surface area contributed by atoms with Crippen molar-refractivity contribution >= 4 is 17.7 Å². The summed E-state index contributed by atoms with van der Waals surface area (Å²) in [5, 5.41) is 11.6. The number of carboxylic acids is 1. The summed E-state index contributed by atoms with van der Waals surface area (Å²) in [5.41, 5.74) is 0. The third-order valence-corrected chi connectivity index (χ3v) is 3.55. The third kappa shape index (κ3) is 6.13. The van der Waals surface area contributed by atoms with Gasteiger partial charge in [0.15, 0.2) is 18.0 Å². The van der Waals surface area contributed by atoms with E-state index in [1.165, 1.54) is 0 Å². The normalized spacial score (nSPS) is 22.9. The maximum Gasteiger partial charge on any atom is 0.336 e. The molecule has 0 saturated carbocycles. The first-order valence-electron chi connectivity index (χ1n) is 8.20. The number of ether oxygens (including phenoxy) is 1. The molecule has 1 heterocycles. The largest absolute Gasteiger partial charge is 0.479 e. The molecule has 1 aliphatic rings. The van der Waals surface area contributed by atoms with Gasteiger partial charge in [0.1, 0.15) is 0 Å². The predicted molar refractivity (Wildman–Crippen MR) is 81.3 cm³/mol. The van der Waals surface area contributed by atoms with Gasteiger partial charge in [0, 0.05) is 20.3 Å². The average Bonchev–Trinajstić information content (AvgIpc) is 3.15. The number of Topliss-reactive ketones (excluding diaryl/α,β-unsaturated/α-hetero) is 1. The van der Waals surface area contributed by atoms with Crippen LogP contribution in [0.15, 0.2) is 0 Å². The van der Waals surface area contributed by atoms with Crippen LogP contribution in [0.5, 0.6) is 0 Å². The molecule has 0 aliphatic carbocycles. The monoisotopic (exact) mass is 314 g/mol. The minimum Gasteiger partial charge on any atom is -0.479 e. The molecule has 0 unspecified atom stereocenters. The van der Waals surface area contributed by atoms with Gasteiger partial charge in [-0.2, -0.15) is 0 Å². The lowest BCUT2D eigenvalue weighted by molar-refractivity contribution is -0.138. The SMILES string of the molecule is [2H]C(C)(C)CCNC(=O)[C@@H](CC(=O)[C@H]1O[C@@H]1C(=O)O)CC(C)C. The van der Waals surface area contributed by atoms with Crippen molar-refractivity contribution in [3.05, 3.63) is 0 Å². The third-order valence-electron chi connectivity index (χ3n) is 3.55. The number of carbonyl (C=O) groups is 3. The van der Waals surface area contributed by atoms with Crippen LogP contribution in [-0.4, -0.2) is 41.5 Å². The highest BCUT2D eigenvalue weighted by atomic mass is 16.6. The van der Waals surface area contributed by atoms with Crippen LogP contribution >= 0.6 is 0 Å². The molecule has 0 bridgehead atoms. The number of rotatable bonds is 10. The van der Waals surface area contributed by atoms with Gasteiger partial charge in [0.05, 0.1) is 0 Å². The van der Waals surface area contributed by atoms with Crippen molar-refractivity contribution in [1.82, 2.24) is 5.32 Å². The van der Waals surface area contributed by atoms with Crippen LogP contribution in [0.4, 0.5) is 0 Å². The highest BCUT2D eigenvalue weighted by Gasteiger charge is 2.50. The first kappa shape index (κ1) is 16.9. The molecule has 126 valence electrons. The van der Waals surface area contributed by atoms with Gasteiger partial charge in [-0.25, -0.2) is 4.79 Å². The molecule has 1 saturated heterocycles. The maximum absolute atomic E-state index is 12.3. The van der Waals surface area contributed by atoms with Gasteiger partial charge in [-0.1, -0.05) is 27.7 Å². The van der Waals surface area contributed by atoms with Crippen LogP contribution in [0, 0.1) is 17.7 Å². The fourth-order valence-electron chi connectivity index (χ4n) is 2.34. The van der Waals surface area contributed by atoms with Gasteiger partial charge in [0.25, 0.3) is 0 Å². The molecule has 6 nitrogen and oxygen atoms in total. The highest BCUT2D eigenvalue weighted by molar-refractivity contribution is 5.95. The molecule has 3 atom stereocenters. The number of carboxylic acid groups (broad SMARTS) is 1. The van der Waals surface area contributed by atoms with Crippen molar-refractivity contribution < 1.29 is 25.6 Å². The Balaban J connectivity index is 2.53. The Morgan fingerprint density at radius 3 is 2.32 bits per heavy atom. The lowest BCUT2D eigenvalue weighted by Gasteiger charge is -2.18. The second-order valence-corrected chi connectivity index (χ2v) is 6.56. The second-order valence-electron chi connectivity index (χ2n) is 6.56. The van der Waals surface area contributed by atoms with Gasteiger partial charge in [-0.3, -0.25) is 9.59 Å². The van der Waals surface area contributed by atoms with Crippen LogP contribution in [0.3, 0.4) is 0 Å². The lowest BCUT2D eigenvalue weighted by Crippen LogP contribution is -2.34. The van der Waals surface area contributed by atoms with E-state index in [-0.39, 0.29) is 24.0 Å². The van der Waals surface area contributed by atoms with Crippen LogP contribution < -0.4 is 5.32 Å². The molecule has 2 N–H and O–H groups in total. The van der Waals surface area contributed by atoms with Crippen molar-refractivity contribution in [2.75, 3.05) is 6.54 Å². The van der Waals surface area contributed by atoms with Crippen molar-refractivity contribution in [2.45, 2.75) is 59.2 Å². The Kier molecular flexibility index (Phi) is 6.36. The fourth-order valence-corrected chi connectivity index (χ4v) is 2.34.